The zero-order valence-electron chi connectivity index (χ0n) is 14.6. The van der Waals surface area contributed by atoms with E-state index in [1.54, 1.807) is 0 Å². The van der Waals surface area contributed by atoms with Gasteiger partial charge in [-0.1, -0.05) is 30.3 Å². The van der Waals surface area contributed by atoms with Crippen molar-refractivity contribution in [1.82, 2.24) is 15.1 Å². The Morgan fingerprint density at radius 3 is 2.83 bits per heavy atom. The molecule has 3 heterocycles. The van der Waals surface area contributed by atoms with Gasteiger partial charge < -0.3 is 15.3 Å². The molecule has 3 fully saturated rings. The van der Waals surface area contributed by atoms with E-state index in [1.165, 1.54) is 44.3 Å². The maximum Gasteiger partial charge on any atom is 0.0682 e. The normalized spacial score (nSPS) is 34.5. The van der Waals surface area contributed by atoms with Gasteiger partial charge in [0.2, 0.25) is 0 Å². The highest BCUT2D eigenvalue weighted by molar-refractivity contribution is 5.15. The summed E-state index contributed by atoms with van der Waals surface area (Å²) >= 11 is 0. The van der Waals surface area contributed by atoms with Gasteiger partial charge in [0, 0.05) is 37.8 Å². The zero-order valence-corrected chi connectivity index (χ0v) is 14.6. The van der Waals surface area contributed by atoms with Crippen LogP contribution in [-0.4, -0.2) is 65.3 Å². The van der Waals surface area contributed by atoms with Crippen LogP contribution in [0, 0.1) is 0 Å². The molecule has 3 aliphatic heterocycles. The third-order valence-corrected chi connectivity index (χ3v) is 6.20. The van der Waals surface area contributed by atoms with E-state index in [2.05, 4.69) is 45.4 Å². The van der Waals surface area contributed by atoms with Crippen LogP contribution in [0.1, 0.15) is 37.7 Å². The minimum atomic E-state index is -0.169. The summed E-state index contributed by atoms with van der Waals surface area (Å²) in [7, 11) is 0. The van der Waals surface area contributed by atoms with Crippen molar-refractivity contribution < 1.29 is 5.11 Å². The molecule has 4 unspecified atom stereocenters. The molecule has 3 saturated heterocycles. The van der Waals surface area contributed by atoms with Gasteiger partial charge in [0.15, 0.2) is 0 Å². The molecule has 0 aromatic heterocycles. The molecule has 0 radical (unpaired) electrons. The lowest BCUT2D eigenvalue weighted by atomic mass is 9.97. The quantitative estimate of drug-likeness (QED) is 0.865. The molecule has 4 atom stereocenters. The van der Waals surface area contributed by atoms with E-state index in [-0.39, 0.29) is 6.10 Å². The molecule has 1 aromatic carbocycles. The first-order chi connectivity index (χ1) is 11.8. The van der Waals surface area contributed by atoms with E-state index in [0.717, 1.165) is 32.1 Å². The van der Waals surface area contributed by atoms with Gasteiger partial charge in [-0.05, 0) is 50.8 Å². The molecule has 0 bridgehead atoms. The Kier molecular flexibility index (Phi) is 5.18. The van der Waals surface area contributed by atoms with Crippen molar-refractivity contribution in [2.75, 3.05) is 26.2 Å². The molecule has 132 valence electrons. The number of aliphatic hydroxyl groups excluding tert-OH is 1. The van der Waals surface area contributed by atoms with Gasteiger partial charge in [-0.15, -0.1) is 0 Å². The Morgan fingerprint density at radius 2 is 1.96 bits per heavy atom. The van der Waals surface area contributed by atoms with Gasteiger partial charge >= 0.3 is 0 Å². The van der Waals surface area contributed by atoms with E-state index < -0.39 is 0 Å². The predicted octanol–water partition coefficient (Wildman–Crippen LogP) is 1.84. The number of β-amino-alcohol motifs (C(OH)–C–C–N with tert-alkyl or cyclic N) is 1. The maximum absolute atomic E-state index is 10.1. The molecule has 0 amide bonds. The molecule has 4 heteroatoms. The van der Waals surface area contributed by atoms with Crippen molar-refractivity contribution in [3.63, 3.8) is 0 Å². The second-order valence-corrected chi connectivity index (χ2v) is 7.92. The summed E-state index contributed by atoms with van der Waals surface area (Å²) < 4.78 is 0. The van der Waals surface area contributed by atoms with E-state index in [4.69, 9.17) is 0 Å². The third kappa shape index (κ3) is 3.83. The molecule has 0 saturated carbocycles. The Hall–Kier alpha value is -0.940. The number of aliphatic hydroxyl groups is 1. The first-order valence-electron chi connectivity index (χ1n) is 9.71. The number of hydrogen-bond acceptors (Lipinski definition) is 4. The van der Waals surface area contributed by atoms with Gasteiger partial charge in [0.25, 0.3) is 0 Å². The Bertz CT molecular complexity index is 523. The largest absolute Gasteiger partial charge is 0.392 e. The Labute approximate surface area is 145 Å². The molecule has 4 rings (SSSR count). The van der Waals surface area contributed by atoms with Crippen LogP contribution in [0.2, 0.25) is 0 Å². The summed E-state index contributed by atoms with van der Waals surface area (Å²) in [6.45, 7) is 5.36. The summed E-state index contributed by atoms with van der Waals surface area (Å²) in [6.07, 6.45) is 6.11. The van der Waals surface area contributed by atoms with E-state index in [1.807, 2.05) is 0 Å². The molecule has 2 N–H and O–H groups in total. The van der Waals surface area contributed by atoms with Crippen LogP contribution in [0.25, 0.3) is 0 Å². The van der Waals surface area contributed by atoms with Crippen LogP contribution in [-0.2, 0) is 6.54 Å². The number of hydrogen-bond donors (Lipinski definition) is 2. The first kappa shape index (κ1) is 16.5. The molecular formula is C20H31N3O. The van der Waals surface area contributed by atoms with E-state index in [0.29, 0.717) is 12.1 Å². The van der Waals surface area contributed by atoms with Crippen LogP contribution in [0.15, 0.2) is 30.3 Å². The lowest BCUT2D eigenvalue weighted by Crippen LogP contribution is -2.48. The second kappa shape index (κ2) is 7.52. The molecule has 1 aromatic rings. The van der Waals surface area contributed by atoms with Crippen LogP contribution in [0.4, 0.5) is 0 Å². The Morgan fingerprint density at radius 1 is 1.08 bits per heavy atom. The van der Waals surface area contributed by atoms with Crippen molar-refractivity contribution in [1.29, 1.82) is 0 Å². The van der Waals surface area contributed by atoms with Crippen LogP contribution < -0.4 is 5.32 Å². The van der Waals surface area contributed by atoms with Crippen molar-refractivity contribution in [3.8, 4) is 0 Å². The molecule has 0 spiro atoms. The predicted molar refractivity (Wildman–Crippen MR) is 96.9 cm³/mol. The fourth-order valence-corrected chi connectivity index (χ4v) is 4.89. The lowest BCUT2D eigenvalue weighted by Gasteiger charge is -2.36. The fourth-order valence-electron chi connectivity index (χ4n) is 4.89. The van der Waals surface area contributed by atoms with Crippen molar-refractivity contribution >= 4 is 0 Å². The van der Waals surface area contributed by atoms with Gasteiger partial charge in [-0.2, -0.15) is 0 Å². The maximum atomic E-state index is 10.1. The smallest absolute Gasteiger partial charge is 0.0682 e. The summed E-state index contributed by atoms with van der Waals surface area (Å²) in [6, 6.07) is 12.6. The minimum absolute atomic E-state index is 0.169. The van der Waals surface area contributed by atoms with Gasteiger partial charge in [-0.25, -0.2) is 0 Å². The number of nitrogens with zero attached hydrogens (tertiary/aromatic N) is 2. The SMILES string of the molecule is OC1CC(CNC2CCN3CCCC3C2)N(Cc2ccccc2)C1. The average molecular weight is 329 g/mol. The number of benzene rings is 1. The van der Waals surface area contributed by atoms with Gasteiger partial charge in [0.1, 0.15) is 0 Å². The number of likely N-dealkylation sites (tertiary alicyclic amines) is 1. The van der Waals surface area contributed by atoms with Crippen LogP contribution in [0.5, 0.6) is 0 Å². The second-order valence-electron chi connectivity index (χ2n) is 7.92. The Balaban J connectivity index is 1.29. The highest BCUT2D eigenvalue weighted by Crippen LogP contribution is 2.27. The monoisotopic (exact) mass is 329 g/mol. The number of piperidine rings is 1. The van der Waals surface area contributed by atoms with Crippen molar-refractivity contribution in [2.24, 2.45) is 0 Å². The number of rotatable bonds is 5. The highest BCUT2D eigenvalue weighted by atomic mass is 16.3. The zero-order chi connectivity index (χ0) is 16.4. The van der Waals surface area contributed by atoms with Crippen molar-refractivity contribution in [3.05, 3.63) is 35.9 Å². The van der Waals surface area contributed by atoms with E-state index in [9.17, 15) is 5.11 Å². The fraction of sp³-hybridized carbons (Fsp3) is 0.700. The highest BCUT2D eigenvalue weighted by Gasteiger charge is 2.34. The first-order valence-corrected chi connectivity index (χ1v) is 9.71. The van der Waals surface area contributed by atoms with Gasteiger partial charge in [-0.3, -0.25) is 4.90 Å². The van der Waals surface area contributed by atoms with Crippen molar-refractivity contribution in [2.45, 2.75) is 62.9 Å². The summed E-state index contributed by atoms with van der Waals surface area (Å²) in [5.74, 6) is 0. The van der Waals surface area contributed by atoms with Gasteiger partial charge in [0.05, 0.1) is 6.10 Å². The molecule has 4 nitrogen and oxygen atoms in total. The summed E-state index contributed by atoms with van der Waals surface area (Å²) in [5, 5.41) is 14.0. The topological polar surface area (TPSA) is 38.7 Å². The van der Waals surface area contributed by atoms with Crippen LogP contribution >= 0.6 is 0 Å². The lowest BCUT2D eigenvalue weighted by molar-refractivity contribution is 0.157. The number of nitrogens with one attached hydrogen (secondary N) is 1. The summed E-state index contributed by atoms with van der Waals surface area (Å²) in [5.41, 5.74) is 1.34. The molecule has 3 aliphatic rings. The number of fused-ring (bicyclic) bond motifs is 1. The van der Waals surface area contributed by atoms with Crippen LogP contribution in [0.3, 0.4) is 0 Å². The molecule has 24 heavy (non-hydrogen) atoms. The third-order valence-electron chi connectivity index (χ3n) is 6.20. The average Bonchev–Trinajstić information content (AvgIpc) is 3.19. The molecule has 0 aliphatic carbocycles. The minimum Gasteiger partial charge on any atom is -0.392 e. The molecular weight excluding hydrogens is 298 g/mol. The summed E-state index contributed by atoms with van der Waals surface area (Å²) in [4.78, 5) is 5.14. The van der Waals surface area contributed by atoms with E-state index >= 15 is 0 Å². The standard InChI is InChI=1S/C20H31N3O/c24-20-12-19(23(15-20)14-16-5-2-1-3-6-16)13-21-17-8-10-22-9-4-7-18(22)11-17/h1-3,5-6,17-21,24H,4,7-15H2.